The Kier molecular flexibility index (Phi) is 6.97. The van der Waals surface area contributed by atoms with Crippen molar-refractivity contribution in [3.8, 4) is 5.75 Å². The lowest BCUT2D eigenvalue weighted by Crippen LogP contribution is -2.12. The summed E-state index contributed by atoms with van der Waals surface area (Å²) < 4.78 is 21.3. The molecule has 0 aliphatic rings. The first-order valence-electron chi connectivity index (χ1n) is 9.27. The minimum Gasteiger partial charge on any atom is -0.483 e. The van der Waals surface area contributed by atoms with Crippen LogP contribution in [0.25, 0.3) is 0 Å². The second-order valence-electron chi connectivity index (χ2n) is 6.37. The zero-order valence-electron chi connectivity index (χ0n) is 16.2. The first-order valence-corrected chi connectivity index (χ1v) is 10.6. The first-order chi connectivity index (χ1) is 13.5. The maximum atomic E-state index is 13.2. The quantitative estimate of drug-likeness (QED) is 0.414. The molecule has 0 aliphatic heterocycles. The van der Waals surface area contributed by atoms with E-state index in [2.05, 4.69) is 29.3 Å². The van der Waals surface area contributed by atoms with E-state index in [0.717, 1.165) is 35.3 Å². The van der Waals surface area contributed by atoms with E-state index in [1.807, 2.05) is 30.5 Å². The molecule has 3 rings (SSSR count). The number of ether oxygens (including phenoxy) is 1. The third kappa shape index (κ3) is 4.86. The van der Waals surface area contributed by atoms with Crippen molar-refractivity contribution in [2.75, 3.05) is 0 Å². The minimum absolute atomic E-state index is 0.233. The zero-order chi connectivity index (χ0) is 20.1. The van der Waals surface area contributed by atoms with Crippen molar-refractivity contribution in [3.05, 3.63) is 70.3 Å². The summed E-state index contributed by atoms with van der Waals surface area (Å²) in [5.74, 6) is 1.83. The molecule has 3 aromatic rings. The number of aromatic nitrogens is 3. The van der Waals surface area contributed by atoms with Crippen molar-refractivity contribution in [3.63, 3.8) is 0 Å². The van der Waals surface area contributed by atoms with E-state index in [9.17, 15) is 4.39 Å². The molecule has 28 heavy (non-hydrogen) atoms. The lowest BCUT2D eigenvalue weighted by molar-refractivity contribution is 0.210. The highest BCUT2D eigenvalue weighted by molar-refractivity contribution is 7.98. The number of thioether (sulfide) groups is 1. The average molecular weight is 420 g/mol. The van der Waals surface area contributed by atoms with Crippen LogP contribution < -0.4 is 4.74 Å². The molecule has 1 unspecified atom stereocenters. The number of benzene rings is 2. The lowest BCUT2D eigenvalue weighted by atomic mass is 10.2. The van der Waals surface area contributed by atoms with Crippen molar-refractivity contribution >= 4 is 23.4 Å². The van der Waals surface area contributed by atoms with Crippen molar-refractivity contribution in [1.82, 2.24) is 14.8 Å². The van der Waals surface area contributed by atoms with E-state index in [1.54, 1.807) is 6.07 Å². The molecule has 0 spiro atoms. The maximum absolute atomic E-state index is 13.2. The number of halogens is 2. The van der Waals surface area contributed by atoms with Crippen LogP contribution in [0, 0.1) is 5.82 Å². The van der Waals surface area contributed by atoms with E-state index in [0.29, 0.717) is 10.8 Å². The molecule has 0 fully saturated rings. The van der Waals surface area contributed by atoms with E-state index in [4.69, 9.17) is 16.3 Å². The molecular formula is C21H23ClFN3OS. The predicted molar refractivity (Wildman–Crippen MR) is 112 cm³/mol. The van der Waals surface area contributed by atoms with Crippen LogP contribution in [0.2, 0.25) is 5.02 Å². The minimum atomic E-state index is -0.337. The standard InChI is InChI=1S/C21H23ClFN3OS/c1-4-15-6-10-18(11-7-15)27-14(3)20-24-25-21(26(20)5-2)28-13-16-8-9-17(23)12-19(16)22/h6-12,14H,4-5,13H2,1-3H3. The zero-order valence-corrected chi connectivity index (χ0v) is 17.7. The van der Waals surface area contributed by atoms with Gasteiger partial charge in [-0.2, -0.15) is 0 Å². The second-order valence-corrected chi connectivity index (χ2v) is 7.72. The molecule has 4 nitrogen and oxygen atoms in total. The smallest absolute Gasteiger partial charge is 0.191 e. The Morgan fingerprint density at radius 3 is 2.54 bits per heavy atom. The first kappa shape index (κ1) is 20.7. The Balaban J connectivity index is 1.71. The SMILES string of the molecule is CCc1ccc(OC(C)c2nnc(SCc3ccc(F)cc3Cl)n2CC)cc1. The normalized spacial score (nSPS) is 12.2. The molecule has 1 heterocycles. The molecule has 0 amide bonds. The van der Waals surface area contributed by atoms with Gasteiger partial charge in [0.15, 0.2) is 17.1 Å². The summed E-state index contributed by atoms with van der Waals surface area (Å²) in [4.78, 5) is 0. The molecule has 0 aliphatic carbocycles. The van der Waals surface area contributed by atoms with Crippen LogP contribution in [0.5, 0.6) is 5.75 Å². The van der Waals surface area contributed by atoms with Gasteiger partial charge in [-0.25, -0.2) is 4.39 Å². The highest BCUT2D eigenvalue weighted by Gasteiger charge is 2.19. The molecule has 1 aromatic heterocycles. The fraction of sp³-hybridized carbons (Fsp3) is 0.333. The number of aryl methyl sites for hydroxylation is 1. The van der Waals surface area contributed by atoms with Gasteiger partial charge in [0.2, 0.25) is 0 Å². The van der Waals surface area contributed by atoms with Crippen LogP contribution in [-0.4, -0.2) is 14.8 Å². The maximum Gasteiger partial charge on any atom is 0.191 e. The lowest BCUT2D eigenvalue weighted by Gasteiger charge is -2.16. The van der Waals surface area contributed by atoms with E-state index < -0.39 is 0 Å². The monoisotopic (exact) mass is 419 g/mol. The molecular weight excluding hydrogens is 397 g/mol. The van der Waals surface area contributed by atoms with Crippen molar-refractivity contribution in [2.45, 2.75) is 50.8 Å². The van der Waals surface area contributed by atoms with Crippen molar-refractivity contribution in [1.29, 1.82) is 0 Å². The number of hydrogen-bond donors (Lipinski definition) is 0. The molecule has 2 aromatic carbocycles. The van der Waals surface area contributed by atoms with Gasteiger partial charge >= 0.3 is 0 Å². The number of hydrogen-bond acceptors (Lipinski definition) is 4. The molecule has 7 heteroatoms. The summed E-state index contributed by atoms with van der Waals surface area (Å²) in [6, 6.07) is 12.5. The molecule has 0 bridgehead atoms. The molecule has 0 saturated carbocycles. The summed E-state index contributed by atoms with van der Waals surface area (Å²) in [5, 5.41) is 9.86. The summed E-state index contributed by atoms with van der Waals surface area (Å²) in [5.41, 5.74) is 2.13. The van der Waals surface area contributed by atoms with Gasteiger partial charge in [0.25, 0.3) is 0 Å². The molecule has 0 radical (unpaired) electrons. The van der Waals surface area contributed by atoms with Crippen LogP contribution in [0.3, 0.4) is 0 Å². The average Bonchev–Trinajstić information content (AvgIpc) is 3.11. The van der Waals surface area contributed by atoms with Gasteiger partial charge in [0.1, 0.15) is 11.6 Å². The topological polar surface area (TPSA) is 39.9 Å². The van der Waals surface area contributed by atoms with Crippen LogP contribution in [0.15, 0.2) is 47.6 Å². The molecule has 1 atom stereocenters. The van der Waals surface area contributed by atoms with Crippen molar-refractivity contribution in [2.24, 2.45) is 0 Å². The van der Waals surface area contributed by atoms with Crippen LogP contribution in [-0.2, 0) is 18.7 Å². The third-order valence-corrected chi connectivity index (χ3v) is 5.81. The second kappa shape index (κ2) is 9.43. The molecule has 0 N–H and O–H groups in total. The van der Waals surface area contributed by atoms with Gasteiger partial charge in [0.05, 0.1) is 0 Å². The van der Waals surface area contributed by atoms with Gasteiger partial charge in [-0.1, -0.05) is 48.5 Å². The summed E-state index contributed by atoms with van der Waals surface area (Å²) in [7, 11) is 0. The van der Waals surface area contributed by atoms with E-state index in [1.165, 1.54) is 29.5 Å². The van der Waals surface area contributed by atoms with Gasteiger partial charge in [-0.05, 0) is 55.7 Å². The van der Waals surface area contributed by atoms with Crippen LogP contribution in [0.4, 0.5) is 4.39 Å². The van der Waals surface area contributed by atoms with E-state index >= 15 is 0 Å². The van der Waals surface area contributed by atoms with E-state index in [-0.39, 0.29) is 11.9 Å². The predicted octanol–water partition coefficient (Wildman–Crippen LogP) is 6.09. The summed E-state index contributed by atoms with van der Waals surface area (Å²) in [6.07, 6.45) is 0.766. The number of rotatable bonds is 8. The number of nitrogens with zero attached hydrogens (tertiary/aromatic N) is 3. The van der Waals surface area contributed by atoms with Gasteiger partial charge in [0, 0.05) is 17.3 Å². The Hall–Kier alpha value is -2.05. The van der Waals surface area contributed by atoms with Gasteiger partial charge in [-0.15, -0.1) is 10.2 Å². The molecule has 0 saturated heterocycles. The van der Waals surface area contributed by atoms with Crippen molar-refractivity contribution < 1.29 is 9.13 Å². The Labute approximate surface area is 174 Å². The highest BCUT2D eigenvalue weighted by Crippen LogP contribution is 2.29. The Morgan fingerprint density at radius 1 is 1.14 bits per heavy atom. The third-order valence-electron chi connectivity index (χ3n) is 4.44. The van der Waals surface area contributed by atoms with Crippen LogP contribution >= 0.6 is 23.4 Å². The largest absolute Gasteiger partial charge is 0.483 e. The van der Waals surface area contributed by atoms with Gasteiger partial charge < -0.3 is 9.30 Å². The Bertz CT molecular complexity index is 930. The van der Waals surface area contributed by atoms with Crippen LogP contribution in [0.1, 0.15) is 43.8 Å². The summed E-state index contributed by atoms with van der Waals surface area (Å²) >= 11 is 7.64. The Morgan fingerprint density at radius 2 is 1.89 bits per heavy atom. The van der Waals surface area contributed by atoms with Gasteiger partial charge in [-0.3, -0.25) is 0 Å². The molecule has 148 valence electrons. The fourth-order valence-electron chi connectivity index (χ4n) is 2.85. The fourth-order valence-corrected chi connectivity index (χ4v) is 4.17. The highest BCUT2D eigenvalue weighted by atomic mass is 35.5. The summed E-state index contributed by atoms with van der Waals surface area (Å²) in [6.45, 7) is 6.87.